The van der Waals surface area contributed by atoms with Crippen LogP contribution in [0.2, 0.25) is 0 Å². The van der Waals surface area contributed by atoms with Crippen LogP contribution in [0.4, 0.5) is 11.8 Å². The van der Waals surface area contributed by atoms with Crippen molar-refractivity contribution >= 4 is 34.4 Å². The molecule has 0 amide bonds. The maximum Gasteiger partial charge on any atom is 0.225 e. The maximum atomic E-state index is 4.78. The molecule has 1 saturated carbocycles. The van der Waals surface area contributed by atoms with Gasteiger partial charge in [0.2, 0.25) is 5.95 Å². The molecule has 1 aromatic carbocycles. The van der Waals surface area contributed by atoms with E-state index in [1.807, 2.05) is 50.4 Å². The monoisotopic (exact) mass is 422 g/mol. The number of aromatic nitrogens is 3. The summed E-state index contributed by atoms with van der Waals surface area (Å²) in [5.74, 6) is 2.79. The van der Waals surface area contributed by atoms with Gasteiger partial charge < -0.3 is 15.5 Å². The molecule has 6 nitrogen and oxygen atoms in total. The zero-order valence-corrected chi connectivity index (χ0v) is 18.5. The largest absolute Gasteiger partial charge is 0.362 e. The lowest BCUT2D eigenvalue weighted by Crippen LogP contribution is -2.38. The first-order chi connectivity index (χ1) is 14.7. The Bertz CT molecular complexity index is 941. The van der Waals surface area contributed by atoms with Crippen molar-refractivity contribution in [1.82, 2.24) is 20.3 Å². The first kappa shape index (κ1) is 20.9. The van der Waals surface area contributed by atoms with E-state index in [-0.39, 0.29) is 0 Å². The Hall–Kier alpha value is -2.38. The first-order valence-electron chi connectivity index (χ1n) is 10.7. The molecule has 4 rings (SSSR count). The van der Waals surface area contributed by atoms with Gasteiger partial charge in [-0.3, -0.25) is 4.98 Å². The molecule has 7 heteroatoms. The van der Waals surface area contributed by atoms with Gasteiger partial charge >= 0.3 is 0 Å². The second-order valence-corrected chi connectivity index (χ2v) is 9.13. The summed E-state index contributed by atoms with van der Waals surface area (Å²) in [7, 11) is 4.06. The van der Waals surface area contributed by atoms with Gasteiger partial charge in [-0.25, -0.2) is 4.98 Å². The van der Waals surface area contributed by atoms with Crippen molar-refractivity contribution in [3.63, 3.8) is 0 Å². The average molecular weight is 423 g/mol. The number of anilines is 2. The van der Waals surface area contributed by atoms with Gasteiger partial charge in [-0.2, -0.15) is 4.98 Å². The van der Waals surface area contributed by atoms with Gasteiger partial charge in [-0.15, -0.1) is 11.8 Å². The Balaban J connectivity index is 1.26. The smallest absolute Gasteiger partial charge is 0.225 e. The number of thioether (sulfide) groups is 1. The Morgan fingerprint density at radius 1 is 0.967 bits per heavy atom. The highest BCUT2D eigenvalue weighted by molar-refractivity contribution is 7.99. The lowest BCUT2D eigenvalue weighted by molar-refractivity contribution is 0.359. The third kappa shape index (κ3) is 5.40. The van der Waals surface area contributed by atoms with Crippen LogP contribution in [0.5, 0.6) is 0 Å². The SMILES string of the molecule is CN(C)c1nc(NC2CCC(NCCSc3ccncc3)CC2)nc2ccccc12. The Morgan fingerprint density at radius 3 is 2.47 bits per heavy atom. The van der Waals surface area contributed by atoms with E-state index < -0.39 is 0 Å². The van der Waals surface area contributed by atoms with Crippen LogP contribution >= 0.6 is 11.8 Å². The highest BCUT2D eigenvalue weighted by Gasteiger charge is 2.21. The molecule has 0 bridgehead atoms. The minimum absolute atomic E-state index is 0.436. The third-order valence-electron chi connectivity index (χ3n) is 5.52. The summed E-state index contributed by atoms with van der Waals surface area (Å²) in [6.45, 7) is 1.04. The summed E-state index contributed by atoms with van der Waals surface area (Å²) >= 11 is 1.88. The normalized spacial score (nSPS) is 19.0. The molecule has 30 heavy (non-hydrogen) atoms. The van der Waals surface area contributed by atoms with Crippen LogP contribution in [0.1, 0.15) is 25.7 Å². The highest BCUT2D eigenvalue weighted by Crippen LogP contribution is 2.26. The predicted octanol–water partition coefficient (Wildman–Crippen LogP) is 4.20. The highest BCUT2D eigenvalue weighted by atomic mass is 32.2. The van der Waals surface area contributed by atoms with Gasteiger partial charge in [-0.1, -0.05) is 12.1 Å². The Labute approximate surface area is 182 Å². The molecule has 158 valence electrons. The zero-order chi connectivity index (χ0) is 20.8. The molecule has 1 aliphatic carbocycles. The van der Waals surface area contributed by atoms with Gasteiger partial charge in [0.05, 0.1) is 5.52 Å². The van der Waals surface area contributed by atoms with Crippen LogP contribution in [0, 0.1) is 0 Å². The summed E-state index contributed by atoms with van der Waals surface area (Å²) in [5.41, 5.74) is 0.987. The summed E-state index contributed by atoms with van der Waals surface area (Å²) < 4.78 is 0. The zero-order valence-electron chi connectivity index (χ0n) is 17.7. The lowest BCUT2D eigenvalue weighted by atomic mass is 9.91. The molecule has 2 N–H and O–H groups in total. The van der Waals surface area contributed by atoms with Gasteiger partial charge in [0, 0.05) is 61.2 Å². The van der Waals surface area contributed by atoms with Gasteiger partial charge in [0.15, 0.2) is 0 Å². The molecule has 0 unspecified atom stereocenters. The fraction of sp³-hybridized carbons (Fsp3) is 0.435. The number of pyridine rings is 1. The lowest BCUT2D eigenvalue weighted by Gasteiger charge is -2.30. The van der Waals surface area contributed by atoms with Crippen molar-refractivity contribution in [3.8, 4) is 0 Å². The van der Waals surface area contributed by atoms with Crippen molar-refractivity contribution in [2.75, 3.05) is 36.6 Å². The number of hydrogen-bond acceptors (Lipinski definition) is 7. The van der Waals surface area contributed by atoms with Crippen molar-refractivity contribution in [2.45, 2.75) is 42.7 Å². The van der Waals surface area contributed by atoms with Crippen LogP contribution in [0.25, 0.3) is 10.9 Å². The number of para-hydroxylation sites is 1. The number of hydrogen-bond donors (Lipinski definition) is 2. The minimum atomic E-state index is 0.436. The van der Waals surface area contributed by atoms with Crippen LogP contribution in [-0.4, -0.2) is 53.4 Å². The molecule has 2 heterocycles. The number of nitrogens with one attached hydrogen (secondary N) is 2. The molecule has 0 aliphatic heterocycles. The third-order valence-corrected chi connectivity index (χ3v) is 6.53. The standard InChI is InChI=1S/C23H30N6S/c1-29(2)22-20-5-3-4-6-21(20)27-23(28-22)26-18-9-7-17(8-10-18)25-15-16-30-19-11-13-24-14-12-19/h3-6,11-14,17-18,25H,7-10,15-16H2,1-2H3,(H,26,27,28). The predicted molar refractivity (Wildman–Crippen MR) is 126 cm³/mol. The van der Waals surface area contributed by atoms with E-state index in [2.05, 4.69) is 44.8 Å². The Morgan fingerprint density at radius 2 is 1.70 bits per heavy atom. The number of rotatable bonds is 8. The van der Waals surface area contributed by atoms with Gasteiger partial charge in [0.25, 0.3) is 0 Å². The van der Waals surface area contributed by atoms with E-state index in [1.165, 1.54) is 17.7 Å². The topological polar surface area (TPSA) is 66.0 Å². The number of benzene rings is 1. The van der Waals surface area contributed by atoms with E-state index in [4.69, 9.17) is 9.97 Å². The summed E-state index contributed by atoms with van der Waals surface area (Å²) in [6, 6.07) is 13.4. The second kappa shape index (κ2) is 10.1. The molecule has 0 saturated heterocycles. The molecule has 0 radical (unpaired) electrons. The molecule has 1 aliphatic rings. The fourth-order valence-electron chi connectivity index (χ4n) is 3.96. The average Bonchev–Trinajstić information content (AvgIpc) is 2.78. The second-order valence-electron chi connectivity index (χ2n) is 7.96. The van der Waals surface area contributed by atoms with Crippen LogP contribution in [0.15, 0.2) is 53.7 Å². The molecular formula is C23H30N6S. The van der Waals surface area contributed by atoms with E-state index in [0.29, 0.717) is 12.1 Å². The summed E-state index contributed by atoms with van der Waals surface area (Å²) in [5, 5.41) is 8.40. The number of nitrogens with zero attached hydrogens (tertiary/aromatic N) is 4. The molecule has 0 atom stereocenters. The van der Waals surface area contributed by atoms with Crippen molar-refractivity contribution in [3.05, 3.63) is 48.8 Å². The van der Waals surface area contributed by atoms with Gasteiger partial charge in [-0.05, 0) is 49.9 Å². The molecule has 1 fully saturated rings. The Kier molecular flexibility index (Phi) is 7.02. The van der Waals surface area contributed by atoms with E-state index in [9.17, 15) is 0 Å². The number of fused-ring (bicyclic) bond motifs is 1. The van der Waals surface area contributed by atoms with E-state index in [1.54, 1.807) is 0 Å². The summed E-state index contributed by atoms with van der Waals surface area (Å²) in [4.78, 5) is 16.9. The van der Waals surface area contributed by atoms with Crippen molar-refractivity contribution in [2.24, 2.45) is 0 Å². The molecule has 2 aromatic heterocycles. The minimum Gasteiger partial charge on any atom is -0.362 e. The molecule has 3 aromatic rings. The fourth-order valence-corrected chi connectivity index (χ4v) is 4.73. The maximum absolute atomic E-state index is 4.78. The van der Waals surface area contributed by atoms with Crippen molar-refractivity contribution < 1.29 is 0 Å². The van der Waals surface area contributed by atoms with E-state index >= 15 is 0 Å². The van der Waals surface area contributed by atoms with Crippen molar-refractivity contribution in [1.29, 1.82) is 0 Å². The van der Waals surface area contributed by atoms with Crippen LogP contribution in [-0.2, 0) is 0 Å². The van der Waals surface area contributed by atoms with Gasteiger partial charge in [0.1, 0.15) is 5.82 Å². The first-order valence-corrected chi connectivity index (χ1v) is 11.6. The van der Waals surface area contributed by atoms with Crippen LogP contribution < -0.4 is 15.5 Å². The molecule has 0 spiro atoms. The van der Waals surface area contributed by atoms with E-state index in [0.717, 1.165) is 47.8 Å². The summed E-state index contributed by atoms with van der Waals surface area (Å²) in [6.07, 6.45) is 8.36. The van der Waals surface area contributed by atoms with Crippen LogP contribution in [0.3, 0.4) is 0 Å². The quantitative estimate of drug-likeness (QED) is 0.417. The molecular weight excluding hydrogens is 392 g/mol.